The number of carbonyl (C=O) groups excluding carboxylic acids is 1. The van der Waals surface area contributed by atoms with E-state index in [9.17, 15) is 13.2 Å². The average molecular weight is 484 g/mol. The Kier molecular flexibility index (Phi) is 6.46. The van der Waals surface area contributed by atoms with Crippen molar-refractivity contribution < 1.29 is 17.9 Å². The van der Waals surface area contributed by atoms with Gasteiger partial charge in [0.15, 0.2) is 0 Å². The first kappa shape index (κ1) is 24.3. The number of sulfone groups is 1. The number of benzene rings is 2. The molecule has 0 atom stereocenters. The summed E-state index contributed by atoms with van der Waals surface area (Å²) in [5.74, 6) is 1.82. The Morgan fingerprint density at radius 3 is 2.41 bits per heavy atom. The van der Waals surface area contributed by atoms with E-state index in [0.717, 1.165) is 43.8 Å². The van der Waals surface area contributed by atoms with E-state index in [1.165, 1.54) is 7.11 Å². The van der Waals surface area contributed by atoms with Gasteiger partial charge < -0.3 is 14.2 Å². The molecule has 4 rings (SSSR count). The van der Waals surface area contributed by atoms with Crippen LogP contribution >= 0.6 is 0 Å². The Hall–Kier alpha value is -2.87. The Morgan fingerprint density at radius 2 is 1.79 bits per heavy atom. The van der Waals surface area contributed by atoms with Crippen molar-refractivity contribution in [2.24, 2.45) is 5.92 Å². The number of rotatable bonds is 5. The van der Waals surface area contributed by atoms with Gasteiger partial charge in [0, 0.05) is 32.0 Å². The van der Waals surface area contributed by atoms with Crippen LogP contribution in [0.3, 0.4) is 0 Å². The van der Waals surface area contributed by atoms with Crippen LogP contribution in [0.2, 0.25) is 0 Å². The van der Waals surface area contributed by atoms with Crippen LogP contribution in [0.25, 0.3) is 11.0 Å². The molecule has 7 nitrogen and oxygen atoms in total. The van der Waals surface area contributed by atoms with Gasteiger partial charge in [0.1, 0.15) is 16.5 Å². The minimum absolute atomic E-state index is 0.130. The quantitative estimate of drug-likeness (QED) is 0.536. The van der Waals surface area contributed by atoms with E-state index in [-0.39, 0.29) is 21.1 Å². The smallest absolute Gasteiger partial charge is 0.219 e. The molecule has 0 N–H and O–H groups in total. The second-order valence-electron chi connectivity index (χ2n) is 10.1. The van der Waals surface area contributed by atoms with Crippen molar-refractivity contribution in [3.8, 4) is 5.75 Å². The summed E-state index contributed by atoms with van der Waals surface area (Å²) in [5.41, 5.74) is 1.39. The third-order valence-electron chi connectivity index (χ3n) is 6.56. The highest BCUT2D eigenvalue weighted by atomic mass is 32.2. The highest BCUT2D eigenvalue weighted by Gasteiger charge is 2.28. The van der Waals surface area contributed by atoms with E-state index < -0.39 is 9.84 Å². The molecule has 1 aliphatic rings. The van der Waals surface area contributed by atoms with Crippen molar-refractivity contribution in [1.82, 2.24) is 14.5 Å². The first-order valence-electron chi connectivity index (χ1n) is 11.7. The van der Waals surface area contributed by atoms with Gasteiger partial charge in [-0.05, 0) is 49.1 Å². The number of hydrogen-bond donors (Lipinski definition) is 0. The van der Waals surface area contributed by atoms with E-state index in [2.05, 4.69) is 25.3 Å². The molecule has 0 bridgehead atoms. The normalized spacial score (nSPS) is 15.6. The SMILES string of the molecule is COc1ccccc1S(=O)(=O)c1ccc2c(c1)nc(C(C)(C)C)n2CC1CCN(C(C)=O)CC1. The van der Waals surface area contributed by atoms with Crippen molar-refractivity contribution in [1.29, 1.82) is 0 Å². The number of likely N-dealkylation sites (tertiary alicyclic amines) is 1. The first-order valence-corrected chi connectivity index (χ1v) is 13.1. The topological polar surface area (TPSA) is 81.5 Å². The van der Waals surface area contributed by atoms with Gasteiger partial charge in [-0.2, -0.15) is 0 Å². The Morgan fingerprint density at radius 1 is 1.12 bits per heavy atom. The number of carbonyl (C=O) groups is 1. The number of piperidine rings is 1. The van der Waals surface area contributed by atoms with Crippen LogP contribution < -0.4 is 4.74 Å². The van der Waals surface area contributed by atoms with Gasteiger partial charge >= 0.3 is 0 Å². The van der Waals surface area contributed by atoms with E-state index in [1.807, 2.05) is 11.0 Å². The molecule has 34 heavy (non-hydrogen) atoms. The average Bonchev–Trinajstić information content (AvgIpc) is 3.17. The van der Waals surface area contributed by atoms with Gasteiger partial charge in [-0.1, -0.05) is 32.9 Å². The second kappa shape index (κ2) is 9.06. The fourth-order valence-electron chi connectivity index (χ4n) is 4.69. The van der Waals surface area contributed by atoms with Crippen LogP contribution in [0.5, 0.6) is 5.75 Å². The highest BCUT2D eigenvalue weighted by Crippen LogP contribution is 2.33. The number of methoxy groups -OCH3 is 1. The largest absolute Gasteiger partial charge is 0.495 e. The molecular formula is C26H33N3O4S. The lowest BCUT2D eigenvalue weighted by Gasteiger charge is -2.32. The Balaban J connectivity index is 1.73. The molecule has 182 valence electrons. The van der Waals surface area contributed by atoms with Crippen LogP contribution in [-0.2, 0) is 26.6 Å². The molecule has 1 amide bonds. The number of fused-ring (bicyclic) bond motifs is 1. The molecule has 2 aromatic carbocycles. The summed E-state index contributed by atoms with van der Waals surface area (Å²) in [7, 11) is -2.30. The van der Waals surface area contributed by atoms with Crippen LogP contribution in [0.15, 0.2) is 52.3 Å². The number of ether oxygens (including phenoxy) is 1. The van der Waals surface area contributed by atoms with Gasteiger partial charge in [0.25, 0.3) is 0 Å². The third-order valence-corrected chi connectivity index (χ3v) is 8.35. The van der Waals surface area contributed by atoms with Crippen molar-refractivity contribution in [2.45, 2.75) is 62.3 Å². The third kappa shape index (κ3) is 4.56. The molecule has 0 radical (unpaired) electrons. The minimum atomic E-state index is -3.77. The fraction of sp³-hybridized carbons (Fsp3) is 0.462. The lowest BCUT2D eigenvalue weighted by molar-refractivity contribution is -0.130. The standard InChI is InChI=1S/C26H33N3O4S/c1-18(30)28-14-12-19(13-15-28)17-29-22-11-10-20(16-21(22)27-25(29)26(2,3)4)34(31,32)24-9-7-6-8-23(24)33-5/h6-11,16,19H,12-15,17H2,1-5H3. The molecular weight excluding hydrogens is 450 g/mol. The highest BCUT2D eigenvalue weighted by molar-refractivity contribution is 7.91. The van der Waals surface area contributed by atoms with E-state index in [4.69, 9.17) is 9.72 Å². The maximum Gasteiger partial charge on any atom is 0.219 e. The van der Waals surface area contributed by atoms with Gasteiger partial charge in [-0.15, -0.1) is 0 Å². The summed E-state index contributed by atoms with van der Waals surface area (Å²) < 4.78 is 34.3. The molecule has 0 unspecified atom stereocenters. The molecule has 2 heterocycles. The molecule has 1 saturated heterocycles. The van der Waals surface area contributed by atoms with Crippen LogP contribution in [0, 0.1) is 5.92 Å². The van der Waals surface area contributed by atoms with Gasteiger partial charge in [-0.3, -0.25) is 4.79 Å². The summed E-state index contributed by atoms with van der Waals surface area (Å²) in [6.45, 7) is 10.3. The lowest BCUT2D eigenvalue weighted by atomic mass is 9.93. The molecule has 8 heteroatoms. The molecule has 1 aliphatic heterocycles. The van der Waals surface area contributed by atoms with Crippen molar-refractivity contribution in [3.05, 3.63) is 48.3 Å². The number of imidazole rings is 1. The minimum Gasteiger partial charge on any atom is -0.495 e. The number of amides is 1. The van der Waals surface area contributed by atoms with Crippen molar-refractivity contribution in [2.75, 3.05) is 20.2 Å². The van der Waals surface area contributed by atoms with E-state index in [1.54, 1.807) is 43.3 Å². The maximum atomic E-state index is 13.4. The Labute approximate surface area is 201 Å². The summed E-state index contributed by atoms with van der Waals surface area (Å²) in [4.78, 5) is 18.8. The predicted molar refractivity (Wildman–Crippen MR) is 132 cm³/mol. The molecule has 0 saturated carbocycles. The zero-order valence-corrected chi connectivity index (χ0v) is 21.4. The zero-order chi connectivity index (χ0) is 24.7. The molecule has 0 spiro atoms. The molecule has 1 fully saturated rings. The van der Waals surface area contributed by atoms with Gasteiger partial charge in [0.2, 0.25) is 15.7 Å². The van der Waals surface area contributed by atoms with Crippen LogP contribution in [0.1, 0.15) is 46.4 Å². The summed E-state index contributed by atoms with van der Waals surface area (Å²) in [6.07, 6.45) is 1.90. The van der Waals surface area contributed by atoms with Crippen LogP contribution in [0.4, 0.5) is 0 Å². The van der Waals surface area contributed by atoms with Crippen molar-refractivity contribution in [3.63, 3.8) is 0 Å². The van der Waals surface area contributed by atoms with Crippen LogP contribution in [-0.4, -0.2) is 49.0 Å². The fourth-order valence-corrected chi connectivity index (χ4v) is 6.13. The molecule has 1 aromatic heterocycles. The first-order chi connectivity index (χ1) is 16.0. The number of hydrogen-bond acceptors (Lipinski definition) is 5. The molecule has 3 aromatic rings. The summed E-state index contributed by atoms with van der Waals surface area (Å²) >= 11 is 0. The predicted octanol–water partition coefficient (Wildman–Crippen LogP) is 4.43. The second-order valence-corrected chi connectivity index (χ2v) is 12.0. The van der Waals surface area contributed by atoms with Gasteiger partial charge in [-0.25, -0.2) is 13.4 Å². The maximum absolute atomic E-state index is 13.4. The molecule has 0 aliphatic carbocycles. The zero-order valence-electron chi connectivity index (χ0n) is 20.5. The monoisotopic (exact) mass is 483 g/mol. The lowest BCUT2D eigenvalue weighted by Crippen LogP contribution is -2.38. The number of aromatic nitrogens is 2. The summed E-state index contributed by atoms with van der Waals surface area (Å²) in [5, 5.41) is 0. The van der Waals surface area contributed by atoms with E-state index in [0.29, 0.717) is 17.2 Å². The Bertz CT molecular complexity index is 1310. The number of para-hydroxylation sites is 1. The van der Waals surface area contributed by atoms with E-state index >= 15 is 0 Å². The number of nitrogens with zero attached hydrogens (tertiary/aromatic N) is 3. The van der Waals surface area contributed by atoms with Crippen molar-refractivity contribution >= 4 is 26.8 Å². The van der Waals surface area contributed by atoms with Gasteiger partial charge in [0.05, 0.1) is 23.0 Å². The summed E-state index contributed by atoms with van der Waals surface area (Å²) in [6, 6.07) is 11.8.